The van der Waals surface area contributed by atoms with E-state index < -0.39 is 35.9 Å². The second-order valence-electron chi connectivity index (χ2n) is 9.07. The van der Waals surface area contributed by atoms with Crippen molar-refractivity contribution in [3.63, 3.8) is 0 Å². The Bertz CT molecular complexity index is 882. The second-order valence-corrected chi connectivity index (χ2v) is 9.44. The van der Waals surface area contributed by atoms with E-state index in [0.717, 1.165) is 30.4 Å². The first-order valence-electron chi connectivity index (χ1n) is 11.2. The van der Waals surface area contributed by atoms with Gasteiger partial charge in [0.15, 0.2) is 6.10 Å². The van der Waals surface area contributed by atoms with Crippen LogP contribution in [0.5, 0.6) is 0 Å². The summed E-state index contributed by atoms with van der Waals surface area (Å²) in [5.41, 5.74) is 1.04. The highest BCUT2D eigenvalue weighted by Crippen LogP contribution is 2.43. The van der Waals surface area contributed by atoms with Crippen LogP contribution >= 0.6 is 11.6 Å². The molecule has 0 N–H and O–H groups in total. The van der Waals surface area contributed by atoms with Crippen LogP contribution in [0.15, 0.2) is 60.7 Å². The summed E-state index contributed by atoms with van der Waals surface area (Å²) in [6, 6.07) is 18.0. The molecule has 0 aromatic heterocycles. The molecule has 2 aromatic carbocycles. The van der Waals surface area contributed by atoms with Crippen molar-refractivity contribution in [1.82, 2.24) is 4.90 Å². The Morgan fingerprint density at radius 3 is 2.12 bits per heavy atom. The lowest BCUT2D eigenvalue weighted by atomic mass is 9.90. The molecule has 6 heteroatoms. The third-order valence-electron chi connectivity index (χ3n) is 5.42. The minimum atomic E-state index is -0.717. The fourth-order valence-corrected chi connectivity index (χ4v) is 4.21. The number of carbonyl (C=O) groups excluding carboxylic acids is 2. The number of unbranched alkanes of at least 4 members (excludes halogenated alkanes) is 2. The smallest absolute Gasteiger partial charge is 0.411 e. The first-order chi connectivity index (χ1) is 15.3. The van der Waals surface area contributed by atoms with Crippen molar-refractivity contribution < 1.29 is 19.1 Å². The number of esters is 1. The number of cyclic esters (lactones) is 1. The Labute approximate surface area is 195 Å². The number of carbonyl (C=O) groups is 2. The van der Waals surface area contributed by atoms with E-state index >= 15 is 0 Å². The summed E-state index contributed by atoms with van der Waals surface area (Å²) in [6.45, 7) is 5.48. The summed E-state index contributed by atoms with van der Waals surface area (Å²) in [6.07, 6.45) is 1.88. The van der Waals surface area contributed by atoms with Crippen molar-refractivity contribution in [3.8, 4) is 0 Å². The first-order valence-corrected chi connectivity index (χ1v) is 11.7. The van der Waals surface area contributed by atoms with E-state index in [9.17, 15) is 9.59 Å². The fourth-order valence-electron chi connectivity index (χ4n) is 4.02. The van der Waals surface area contributed by atoms with Gasteiger partial charge >= 0.3 is 12.1 Å². The van der Waals surface area contributed by atoms with Gasteiger partial charge in [0, 0.05) is 5.88 Å². The topological polar surface area (TPSA) is 55.8 Å². The van der Waals surface area contributed by atoms with Gasteiger partial charge in [-0.1, -0.05) is 73.5 Å². The molecule has 1 saturated heterocycles. The van der Waals surface area contributed by atoms with E-state index in [1.54, 1.807) is 4.90 Å². The lowest BCUT2D eigenvalue weighted by Gasteiger charge is -2.45. The number of hydrogen-bond donors (Lipinski definition) is 0. The molecule has 3 rings (SSSR count). The zero-order valence-corrected chi connectivity index (χ0v) is 19.8. The van der Waals surface area contributed by atoms with Crippen LogP contribution in [0.25, 0.3) is 0 Å². The molecular formula is C26H32ClNO4. The molecule has 0 bridgehead atoms. The van der Waals surface area contributed by atoms with Crippen molar-refractivity contribution in [3.05, 3.63) is 71.8 Å². The maximum absolute atomic E-state index is 13.5. The standard InChI is InChI=1S/C26H32ClNO4/c1-26(2,3)32-25(30)28-21(17-11-6-12-18-27)24(29)31-23(20-15-9-5-10-16-20)22(28)19-13-7-4-8-14-19/h4-5,7-10,13-16,21-23H,6,11-12,17-18H2,1-3H3. The fraction of sp³-hybridized carbons (Fsp3) is 0.462. The zero-order chi connectivity index (χ0) is 23.1. The molecule has 1 aliphatic rings. The number of rotatable bonds is 7. The summed E-state index contributed by atoms with van der Waals surface area (Å²) in [5, 5.41) is 0. The normalized spacial score (nSPS) is 21.2. The molecule has 1 aliphatic heterocycles. The number of ether oxygens (including phenoxy) is 2. The number of nitrogens with zero attached hydrogens (tertiary/aromatic N) is 1. The predicted molar refractivity (Wildman–Crippen MR) is 126 cm³/mol. The molecule has 5 nitrogen and oxygen atoms in total. The molecule has 0 radical (unpaired) electrons. The first kappa shape index (κ1) is 24.1. The SMILES string of the molecule is CC(C)(C)OC(=O)N1C(CCCCCCl)C(=O)OC(c2ccccc2)C1c1ccccc1. The van der Waals surface area contributed by atoms with Crippen LogP contribution in [0, 0.1) is 0 Å². The van der Waals surface area contributed by atoms with Crippen LogP contribution in [0.2, 0.25) is 0 Å². The van der Waals surface area contributed by atoms with Gasteiger partial charge < -0.3 is 9.47 Å². The Morgan fingerprint density at radius 1 is 0.969 bits per heavy atom. The number of benzene rings is 2. The molecule has 0 aliphatic carbocycles. The molecule has 0 saturated carbocycles. The summed E-state index contributed by atoms with van der Waals surface area (Å²) in [5.74, 6) is 0.177. The van der Waals surface area contributed by atoms with Crippen molar-refractivity contribution in [2.75, 3.05) is 5.88 Å². The van der Waals surface area contributed by atoms with Crippen LogP contribution in [0.1, 0.15) is 69.7 Å². The highest BCUT2D eigenvalue weighted by molar-refractivity contribution is 6.17. The third kappa shape index (κ3) is 6.04. The van der Waals surface area contributed by atoms with E-state index in [2.05, 4.69) is 0 Å². The molecular weight excluding hydrogens is 426 g/mol. The van der Waals surface area contributed by atoms with Crippen LogP contribution in [-0.2, 0) is 14.3 Å². The molecule has 1 amide bonds. The molecule has 3 unspecified atom stereocenters. The number of hydrogen-bond acceptors (Lipinski definition) is 4. The van der Waals surface area contributed by atoms with Crippen LogP contribution < -0.4 is 0 Å². The lowest BCUT2D eigenvalue weighted by Crippen LogP contribution is -2.55. The van der Waals surface area contributed by atoms with E-state index in [-0.39, 0.29) is 0 Å². The zero-order valence-electron chi connectivity index (χ0n) is 19.0. The van der Waals surface area contributed by atoms with Crippen LogP contribution in [-0.4, -0.2) is 34.5 Å². The van der Waals surface area contributed by atoms with Crippen molar-refractivity contribution in [1.29, 1.82) is 0 Å². The summed E-state index contributed by atoms with van der Waals surface area (Å²) >= 11 is 5.82. The van der Waals surface area contributed by atoms with Crippen molar-refractivity contribution >= 4 is 23.7 Å². The van der Waals surface area contributed by atoms with Gasteiger partial charge in [-0.05, 0) is 44.7 Å². The average Bonchev–Trinajstić information content (AvgIpc) is 2.77. The average molecular weight is 458 g/mol. The molecule has 32 heavy (non-hydrogen) atoms. The number of alkyl halides is 1. The molecule has 1 fully saturated rings. The maximum Gasteiger partial charge on any atom is 0.411 e. The van der Waals surface area contributed by atoms with Crippen molar-refractivity contribution in [2.45, 2.75) is 70.2 Å². The maximum atomic E-state index is 13.5. The van der Waals surface area contributed by atoms with Gasteiger partial charge in [-0.25, -0.2) is 9.59 Å². The molecule has 1 heterocycles. The van der Waals surface area contributed by atoms with Gasteiger partial charge in [-0.15, -0.1) is 11.6 Å². The Balaban J connectivity index is 2.04. The number of amides is 1. The summed E-state index contributed by atoms with van der Waals surface area (Å²) in [4.78, 5) is 28.3. The number of morpholine rings is 1. The second kappa shape index (κ2) is 10.9. The summed E-state index contributed by atoms with van der Waals surface area (Å²) in [7, 11) is 0. The van der Waals surface area contributed by atoms with Gasteiger partial charge in [0.2, 0.25) is 0 Å². The van der Waals surface area contributed by atoms with Gasteiger partial charge in [-0.3, -0.25) is 4.90 Å². The van der Waals surface area contributed by atoms with Gasteiger partial charge in [0.25, 0.3) is 0 Å². The Hall–Kier alpha value is -2.53. The lowest BCUT2D eigenvalue weighted by molar-refractivity contribution is -0.174. The van der Waals surface area contributed by atoms with Gasteiger partial charge in [0.05, 0.1) is 0 Å². The molecule has 2 aromatic rings. The molecule has 172 valence electrons. The predicted octanol–water partition coefficient (Wildman–Crippen LogP) is 6.43. The van der Waals surface area contributed by atoms with Gasteiger partial charge in [0.1, 0.15) is 17.7 Å². The highest BCUT2D eigenvalue weighted by Gasteiger charge is 2.48. The van der Waals surface area contributed by atoms with Crippen molar-refractivity contribution in [2.24, 2.45) is 0 Å². The third-order valence-corrected chi connectivity index (χ3v) is 5.69. The van der Waals surface area contributed by atoms with Gasteiger partial charge in [-0.2, -0.15) is 0 Å². The molecule has 0 spiro atoms. The van der Waals surface area contributed by atoms with E-state index in [1.807, 2.05) is 81.4 Å². The quantitative estimate of drug-likeness (QED) is 0.273. The van der Waals surface area contributed by atoms with E-state index in [4.69, 9.17) is 21.1 Å². The Kier molecular flexibility index (Phi) is 8.19. The van der Waals surface area contributed by atoms with Crippen LogP contribution in [0.3, 0.4) is 0 Å². The van der Waals surface area contributed by atoms with Crippen LogP contribution in [0.4, 0.5) is 4.79 Å². The highest BCUT2D eigenvalue weighted by atomic mass is 35.5. The monoisotopic (exact) mass is 457 g/mol. The van der Waals surface area contributed by atoms with E-state index in [1.165, 1.54) is 0 Å². The minimum Gasteiger partial charge on any atom is -0.453 e. The van der Waals surface area contributed by atoms with E-state index in [0.29, 0.717) is 12.3 Å². The minimum absolute atomic E-state index is 0.400. The Morgan fingerprint density at radius 2 is 1.56 bits per heavy atom. The number of halogens is 1. The summed E-state index contributed by atoms with van der Waals surface area (Å²) < 4.78 is 11.8. The molecule has 3 atom stereocenters. The largest absolute Gasteiger partial charge is 0.453 e.